The van der Waals surface area contributed by atoms with Crippen molar-refractivity contribution < 1.29 is 4.74 Å². The molecule has 0 saturated heterocycles. The quantitative estimate of drug-likeness (QED) is 0.592. The van der Waals surface area contributed by atoms with Crippen LogP contribution in [-0.2, 0) is 4.74 Å². The molecule has 0 rings (SSSR count). The number of hydrogen-bond acceptors (Lipinski definition) is 2. The van der Waals surface area contributed by atoms with Crippen molar-refractivity contribution in [1.82, 2.24) is 0 Å². The molecule has 2 atom stereocenters. The van der Waals surface area contributed by atoms with Crippen molar-refractivity contribution in [2.75, 3.05) is 7.11 Å². The van der Waals surface area contributed by atoms with Crippen molar-refractivity contribution in [2.45, 2.75) is 32.4 Å². The Morgan fingerprint density at radius 3 is 2.12 bits per heavy atom. The molecular formula is C6H15NO. The first-order valence-electron chi connectivity index (χ1n) is 3.00. The Labute approximate surface area is 51.0 Å². The van der Waals surface area contributed by atoms with E-state index >= 15 is 0 Å². The molecule has 0 aromatic carbocycles. The van der Waals surface area contributed by atoms with Gasteiger partial charge in [-0.1, -0.05) is 6.92 Å². The normalized spacial score (nSPS) is 18.0. The largest absolute Gasteiger partial charge is 0.380 e. The summed E-state index contributed by atoms with van der Waals surface area (Å²) in [6.45, 7) is 4.02. The van der Waals surface area contributed by atoms with Gasteiger partial charge >= 0.3 is 0 Å². The fourth-order valence-electron chi connectivity index (χ4n) is 0.753. The number of ether oxygens (including phenoxy) is 1. The Bertz CT molecular complexity index is 50.5. The van der Waals surface area contributed by atoms with Gasteiger partial charge in [-0.05, 0) is 13.3 Å². The van der Waals surface area contributed by atoms with Gasteiger partial charge in [-0.2, -0.15) is 0 Å². The molecule has 0 bridgehead atoms. The van der Waals surface area contributed by atoms with Crippen LogP contribution >= 0.6 is 0 Å². The molecule has 0 fully saturated rings. The van der Waals surface area contributed by atoms with Crippen LogP contribution in [0.5, 0.6) is 0 Å². The van der Waals surface area contributed by atoms with Crippen molar-refractivity contribution in [1.29, 1.82) is 0 Å². The average Bonchev–Trinajstić information content (AvgIpc) is 1.69. The van der Waals surface area contributed by atoms with Crippen molar-refractivity contribution in [3.05, 3.63) is 0 Å². The lowest BCUT2D eigenvalue weighted by Gasteiger charge is -2.15. The lowest BCUT2D eigenvalue weighted by molar-refractivity contribution is 0.0822. The topological polar surface area (TPSA) is 35.2 Å². The van der Waals surface area contributed by atoms with E-state index < -0.39 is 0 Å². The maximum atomic E-state index is 5.53. The first kappa shape index (κ1) is 7.92. The molecule has 0 aliphatic carbocycles. The summed E-state index contributed by atoms with van der Waals surface area (Å²) in [6.07, 6.45) is 1.23. The Morgan fingerprint density at radius 2 is 2.12 bits per heavy atom. The lowest BCUT2D eigenvalue weighted by Crippen LogP contribution is -2.32. The molecule has 0 aliphatic heterocycles. The summed E-state index contributed by atoms with van der Waals surface area (Å²) in [4.78, 5) is 0. The standard InChI is InChI=1S/C6H15NO/c1-4-6(8-3)5(2)7/h5-6H,4,7H2,1-3H3/t5-,6?/m0/s1. The Balaban J connectivity index is 3.35. The van der Waals surface area contributed by atoms with Gasteiger partial charge in [0.25, 0.3) is 0 Å². The Kier molecular flexibility index (Phi) is 3.83. The van der Waals surface area contributed by atoms with Crippen LogP contribution in [0.4, 0.5) is 0 Å². The Hall–Kier alpha value is -0.0800. The third-order valence-electron chi connectivity index (χ3n) is 1.29. The van der Waals surface area contributed by atoms with E-state index in [1.54, 1.807) is 7.11 Å². The maximum absolute atomic E-state index is 5.53. The van der Waals surface area contributed by atoms with Crippen molar-refractivity contribution in [2.24, 2.45) is 5.73 Å². The number of nitrogens with two attached hydrogens (primary N) is 1. The van der Waals surface area contributed by atoms with Gasteiger partial charge in [0.15, 0.2) is 0 Å². The molecule has 0 amide bonds. The average molecular weight is 117 g/mol. The van der Waals surface area contributed by atoms with Crippen LogP contribution in [0.2, 0.25) is 0 Å². The van der Waals surface area contributed by atoms with Crippen molar-refractivity contribution >= 4 is 0 Å². The highest BCUT2D eigenvalue weighted by Gasteiger charge is 2.07. The summed E-state index contributed by atoms with van der Waals surface area (Å²) in [5.41, 5.74) is 5.53. The third-order valence-corrected chi connectivity index (χ3v) is 1.29. The minimum absolute atomic E-state index is 0.157. The predicted molar refractivity (Wildman–Crippen MR) is 34.7 cm³/mol. The van der Waals surface area contributed by atoms with Crippen LogP contribution in [0.1, 0.15) is 20.3 Å². The molecule has 0 aromatic rings. The molecule has 0 aliphatic rings. The van der Waals surface area contributed by atoms with Crippen LogP contribution in [0.3, 0.4) is 0 Å². The first-order valence-corrected chi connectivity index (χ1v) is 3.00. The van der Waals surface area contributed by atoms with Gasteiger partial charge in [0.05, 0.1) is 6.10 Å². The monoisotopic (exact) mass is 117 g/mol. The van der Waals surface area contributed by atoms with E-state index in [4.69, 9.17) is 10.5 Å². The molecule has 50 valence electrons. The van der Waals surface area contributed by atoms with Gasteiger partial charge in [0, 0.05) is 13.2 Å². The molecule has 0 heterocycles. The molecule has 2 heteroatoms. The van der Waals surface area contributed by atoms with Crippen LogP contribution in [0.25, 0.3) is 0 Å². The summed E-state index contributed by atoms with van der Waals surface area (Å²) in [7, 11) is 1.69. The molecule has 0 saturated carbocycles. The summed E-state index contributed by atoms with van der Waals surface area (Å²) in [5, 5.41) is 0. The molecule has 2 N–H and O–H groups in total. The summed E-state index contributed by atoms with van der Waals surface area (Å²) >= 11 is 0. The molecule has 0 spiro atoms. The van der Waals surface area contributed by atoms with Gasteiger partial charge in [-0.3, -0.25) is 0 Å². The highest BCUT2D eigenvalue weighted by atomic mass is 16.5. The number of rotatable bonds is 3. The highest BCUT2D eigenvalue weighted by molar-refractivity contribution is 4.64. The van der Waals surface area contributed by atoms with Crippen molar-refractivity contribution in [3.8, 4) is 0 Å². The third kappa shape index (κ3) is 2.28. The summed E-state index contributed by atoms with van der Waals surface area (Å²) < 4.78 is 5.04. The van der Waals surface area contributed by atoms with E-state index in [1.807, 2.05) is 6.92 Å². The number of methoxy groups -OCH3 is 1. The van der Waals surface area contributed by atoms with Gasteiger partial charge in [0.1, 0.15) is 0 Å². The molecule has 2 nitrogen and oxygen atoms in total. The second-order valence-electron chi connectivity index (χ2n) is 2.04. The summed E-state index contributed by atoms with van der Waals surface area (Å²) in [5.74, 6) is 0. The van der Waals surface area contributed by atoms with Gasteiger partial charge in [-0.25, -0.2) is 0 Å². The van der Waals surface area contributed by atoms with E-state index in [2.05, 4.69) is 6.92 Å². The molecule has 8 heavy (non-hydrogen) atoms. The lowest BCUT2D eigenvalue weighted by atomic mass is 10.1. The smallest absolute Gasteiger partial charge is 0.0716 e. The first-order chi connectivity index (χ1) is 3.72. The SMILES string of the molecule is CCC(OC)[C@H](C)N. The zero-order valence-corrected chi connectivity index (χ0v) is 5.85. The van der Waals surface area contributed by atoms with Gasteiger partial charge in [-0.15, -0.1) is 0 Å². The van der Waals surface area contributed by atoms with Gasteiger partial charge in [0.2, 0.25) is 0 Å². The van der Waals surface area contributed by atoms with Crippen LogP contribution < -0.4 is 5.73 Å². The minimum Gasteiger partial charge on any atom is -0.380 e. The van der Waals surface area contributed by atoms with Crippen molar-refractivity contribution in [3.63, 3.8) is 0 Å². The maximum Gasteiger partial charge on any atom is 0.0716 e. The predicted octanol–water partition coefficient (Wildman–Crippen LogP) is 0.759. The minimum atomic E-state index is 0.157. The fourth-order valence-corrected chi connectivity index (χ4v) is 0.753. The zero-order valence-electron chi connectivity index (χ0n) is 5.85. The van der Waals surface area contributed by atoms with E-state index in [0.717, 1.165) is 6.42 Å². The zero-order chi connectivity index (χ0) is 6.57. The van der Waals surface area contributed by atoms with Crippen LogP contribution in [-0.4, -0.2) is 19.3 Å². The molecule has 0 radical (unpaired) electrons. The second-order valence-corrected chi connectivity index (χ2v) is 2.04. The fraction of sp³-hybridized carbons (Fsp3) is 1.00. The van der Waals surface area contributed by atoms with Gasteiger partial charge < -0.3 is 10.5 Å². The number of hydrogen-bond donors (Lipinski definition) is 1. The second kappa shape index (κ2) is 3.87. The molecule has 1 unspecified atom stereocenters. The van der Waals surface area contributed by atoms with Crippen LogP contribution in [0.15, 0.2) is 0 Å². The van der Waals surface area contributed by atoms with E-state index in [0.29, 0.717) is 0 Å². The molecular weight excluding hydrogens is 102 g/mol. The van der Waals surface area contributed by atoms with E-state index in [-0.39, 0.29) is 12.1 Å². The van der Waals surface area contributed by atoms with Crippen LogP contribution in [0, 0.1) is 0 Å². The van der Waals surface area contributed by atoms with E-state index in [9.17, 15) is 0 Å². The Morgan fingerprint density at radius 1 is 1.62 bits per heavy atom. The summed E-state index contributed by atoms with van der Waals surface area (Å²) in [6, 6.07) is 0.157. The van der Waals surface area contributed by atoms with E-state index in [1.165, 1.54) is 0 Å². The highest BCUT2D eigenvalue weighted by Crippen LogP contribution is 1.98. The molecule has 0 aromatic heterocycles.